The van der Waals surface area contributed by atoms with Crippen molar-refractivity contribution in [2.45, 2.75) is 44.1 Å². The van der Waals surface area contributed by atoms with E-state index >= 15 is 4.39 Å². The summed E-state index contributed by atoms with van der Waals surface area (Å²) in [6, 6.07) is 24.2. The molecule has 1 saturated heterocycles. The van der Waals surface area contributed by atoms with Gasteiger partial charge in [-0.15, -0.1) is 0 Å². The summed E-state index contributed by atoms with van der Waals surface area (Å²) in [6.07, 6.45) is -4.65. The van der Waals surface area contributed by atoms with Crippen LogP contribution in [0.3, 0.4) is 0 Å². The number of hydrogen-bond donors (Lipinski definition) is 3. The maximum atomic E-state index is 16.6. The molecule has 16 heteroatoms. The normalized spacial score (nSPS) is 19.7. The summed E-state index contributed by atoms with van der Waals surface area (Å²) in [5.41, 5.74) is 0.164. The molecular formula is C35H37FN5O8PS. The summed E-state index contributed by atoms with van der Waals surface area (Å²) >= 11 is 3.93. The number of thiol groups is 1. The number of methoxy groups -OCH3 is 2. The Kier molecular flexibility index (Phi) is 10.9. The molecule has 51 heavy (non-hydrogen) atoms. The van der Waals surface area contributed by atoms with Crippen LogP contribution in [-0.4, -0.2) is 64.6 Å². The molecule has 1 fully saturated rings. The number of benzene rings is 3. The maximum absolute atomic E-state index is 16.6. The largest absolute Gasteiger partial charge is 0.497 e. The molecule has 1 aliphatic heterocycles. The fraction of sp³-hybridized carbons (Fsp3) is 0.314. The number of anilines is 1. The van der Waals surface area contributed by atoms with Crippen LogP contribution in [0.5, 0.6) is 11.5 Å². The summed E-state index contributed by atoms with van der Waals surface area (Å²) in [5.74, 6) is 0.360. The molecule has 1 unspecified atom stereocenters. The number of amides is 1. The van der Waals surface area contributed by atoms with Crippen LogP contribution in [0, 0.1) is 5.92 Å². The van der Waals surface area contributed by atoms with Gasteiger partial charge in [-0.2, -0.15) is 4.98 Å². The van der Waals surface area contributed by atoms with Crippen LogP contribution in [0.15, 0.2) is 90.0 Å². The Labute approximate surface area is 298 Å². The first-order valence-corrected chi connectivity index (χ1v) is 18.6. The molecule has 5 atom stereocenters. The number of imidazole rings is 1. The van der Waals surface area contributed by atoms with Crippen molar-refractivity contribution in [3.8, 4) is 11.5 Å². The van der Waals surface area contributed by atoms with Crippen molar-refractivity contribution in [2.75, 3.05) is 26.1 Å². The van der Waals surface area contributed by atoms with Gasteiger partial charge in [0.1, 0.15) is 29.3 Å². The highest BCUT2D eigenvalue weighted by Gasteiger charge is 2.50. The minimum atomic E-state index is -2.99. The Bertz CT molecular complexity index is 2020. The Morgan fingerprint density at radius 3 is 2.16 bits per heavy atom. The first kappa shape index (κ1) is 36.3. The number of alkyl halides is 1. The number of nitrogens with zero attached hydrogens (tertiary/aromatic N) is 3. The van der Waals surface area contributed by atoms with Crippen LogP contribution >= 0.6 is 19.5 Å². The van der Waals surface area contributed by atoms with Crippen LogP contribution in [-0.2, 0) is 29.0 Å². The van der Waals surface area contributed by atoms with Crippen LogP contribution in [0.25, 0.3) is 11.2 Å². The van der Waals surface area contributed by atoms with Crippen LogP contribution in [0.2, 0.25) is 0 Å². The molecule has 0 aliphatic carbocycles. The predicted octanol–water partition coefficient (Wildman–Crippen LogP) is 5.68. The number of aromatic amines is 1. The third-order valence-electron chi connectivity index (χ3n) is 8.61. The Balaban J connectivity index is 1.40. The van der Waals surface area contributed by atoms with E-state index in [4.69, 9.17) is 23.5 Å². The van der Waals surface area contributed by atoms with E-state index < -0.39 is 48.9 Å². The fourth-order valence-corrected chi connectivity index (χ4v) is 6.85. The lowest BCUT2D eigenvalue weighted by Crippen LogP contribution is -2.38. The van der Waals surface area contributed by atoms with Crippen molar-refractivity contribution in [2.24, 2.45) is 5.92 Å². The molecule has 2 N–H and O–H groups in total. The van der Waals surface area contributed by atoms with Crippen molar-refractivity contribution in [1.82, 2.24) is 19.5 Å². The average molecular weight is 738 g/mol. The van der Waals surface area contributed by atoms with Gasteiger partial charge in [0, 0.05) is 5.92 Å². The van der Waals surface area contributed by atoms with E-state index in [1.54, 1.807) is 28.1 Å². The molecule has 6 rings (SSSR count). The van der Waals surface area contributed by atoms with Gasteiger partial charge in [-0.25, -0.2) is 9.37 Å². The highest BCUT2D eigenvalue weighted by atomic mass is 32.7. The summed E-state index contributed by atoms with van der Waals surface area (Å²) < 4.78 is 59.7. The summed E-state index contributed by atoms with van der Waals surface area (Å²) in [4.78, 5) is 36.3. The van der Waals surface area contributed by atoms with Gasteiger partial charge in [-0.1, -0.05) is 80.7 Å². The molecule has 1 aliphatic rings. The van der Waals surface area contributed by atoms with Crippen molar-refractivity contribution in [3.05, 3.63) is 112 Å². The quantitative estimate of drug-likeness (QED) is 0.0781. The molecule has 5 aromatic rings. The second-order valence-corrected chi connectivity index (χ2v) is 13.9. The third-order valence-corrected chi connectivity index (χ3v) is 9.40. The van der Waals surface area contributed by atoms with Gasteiger partial charge in [0.2, 0.25) is 19.1 Å². The minimum Gasteiger partial charge on any atom is -0.497 e. The third kappa shape index (κ3) is 7.30. The van der Waals surface area contributed by atoms with Gasteiger partial charge < -0.3 is 23.5 Å². The lowest BCUT2D eigenvalue weighted by Gasteiger charge is -2.37. The number of hydrogen-bond acceptors (Lipinski definition) is 10. The van der Waals surface area contributed by atoms with E-state index in [2.05, 4.69) is 32.5 Å². The van der Waals surface area contributed by atoms with Gasteiger partial charge in [-0.05, 0) is 41.0 Å². The highest BCUT2D eigenvalue weighted by Crippen LogP contribution is 2.45. The zero-order valence-electron chi connectivity index (χ0n) is 28.1. The monoisotopic (exact) mass is 737 g/mol. The summed E-state index contributed by atoms with van der Waals surface area (Å²) in [6.45, 7) is 3.06. The molecule has 0 radical (unpaired) electrons. The summed E-state index contributed by atoms with van der Waals surface area (Å²) in [5, 5.41) is 2.56. The zero-order chi connectivity index (χ0) is 36.3. The number of fused-ring (bicyclic) bond motifs is 1. The van der Waals surface area contributed by atoms with Crippen LogP contribution < -0.4 is 20.3 Å². The number of carbonyl (C=O) groups excluding carboxylic acids is 1. The smallest absolute Gasteiger partial charge is 0.280 e. The van der Waals surface area contributed by atoms with E-state index in [0.29, 0.717) is 11.5 Å². The minimum absolute atomic E-state index is 0.0147. The number of ether oxygens (including phenoxy) is 4. The van der Waals surface area contributed by atoms with Gasteiger partial charge in [0.15, 0.2) is 23.6 Å². The molecule has 3 heterocycles. The summed E-state index contributed by atoms with van der Waals surface area (Å²) in [7, 11) is 0.155. The van der Waals surface area contributed by atoms with Crippen LogP contribution in [0.1, 0.15) is 36.8 Å². The number of H-pyrrole nitrogens is 1. The number of aromatic nitrogens is 4. The van der Waals surface area contributed by atoms with Crippen molar-refractivity contribution < 1.29 is 37.2 Å². The Morgan fingerprint density at radius 2 is 1.61 bits per heavy atom. The van der Waals surface area contributed by atoms with Crippen molar-refractivity contribution >= 4 is 42.5 Å². The molecular weight excluding hydrogens is 700 g/mol. The molecule has 2 aromatic heterocycles. The Morgan fingerprint density at radius 1 is 1.02 bits per heavy atom. The number of rotatable bonds is 13. The first-order valence-electron chi connectivity index (χ1n) is 16.0. The van der Waals surface area contributed by atoms with Gasteiger partial charge in [-0.3, -0.25) is 29.0 Å². The molecule has 3 aromatic carbocycles. The second kappa shape index (κ2) is 15.4. The maximum Gasteiger partial charge on any atom is 0.280 e. The molecule has 0 spiro atoms. The van der Waals surface area contributed by atoms with E-state index in [1.165, 1.54) is 10.9 Å². The number of halogens is 1. The van der Waals surface area contributed by atoms with E-state index in [1.807, 2.05) is 78.9 Å². The van der Waals surface area contributed by atoms with E-state index in [0.717, 1.165) is 16.7 Å². The first-order chi connectivity index (χ1) is 24.5. The molecule has 0 bridgehead atoms. The fourth-order valence-electron chi connectivity index (χ4n) is 6.01. The molecule has 268 valence electrons. The Hall–Kier alpha value is -4.53. The van der Waals surface area contributed by atoms with Gasteiger partial charge >= 0.3 is 0 Å². The number of carbonyl (C=O) groups is 1. The number of nitrogens with one attached hydrogen (secondary N) is 2. The zero-order valence-corrected chi connectivity index (χ0v) is 30.0. The molecule has 0 saturated carbocycles. The van der Waals surface area contributed by atoms with E-state index in [-0.39, 0.29) is 29.6 Å². The second-order valence-electron chi connectivity index (χ2n) is 12.1. The van der Waals surface area contributed by atoms with Crippen molar-refractivity contribution in [3.63, 3.8) is 0 Å². The topological polar surface area (TPSA) is 156 Å². The predicted molar refractivity (Wildman–Crippen MR) is 192 cm³/mol. The standard InChI is InChI=1S/C35H37FN5O8PS/c1-20(2)31(42)39-34-38-30-28(32(43)40-34)37-19-41(30)33-29(49-50(44)51)27(36)26(48-33)18-47-35(21-8-6-5-7-9-21,22-10-14-24(45-3)15-11-22)23-12-16-25(46-4)17-13-23/h5-17,19-20,26-27,29,33,50H,18H2,1-4H3,(H,44,51)(H2,38,39,40,42,43)/t26-,27-,29-,33-/m1/s1. The van der Waals surface area contributed by atoms with Crippen molar-refractivity contribution in [1.29, 1.82) is 0 Å². The van der Waals surface area contributed by atoms with Gasteiger partial charge in [0.05, 0.1) is 27.2 Å². The lowest BCUT2D eigenvalue weighted by atomic mass is 9.80. The van der Waals surface area contributed by atoms with E-state index in [9.17, 15) is 14.2 Å². The average Bonchev–Trinajstić information content (AvgIpc) is 3.69. The SMILES string of the molecule is COc1ccc(C(OC[C@H]2O[C@@H](n3cnc4c(=O)[nH]c(NC(=O)C(C)C)nc43)[C@H](O[PH](=O)S)[C@@H]2F)(c2ccccc2)c2ccc(OC)cc2)cc1. The van der Waals surface area contributed by atoms with Crippen LogP contribution in [0.4, 0.5) is 10.3 Å². The molecule has 1 amide bonds. The molecule has 13 nitrogen and oxygen atoms in total. The lowest BCUT2D eigenvalue weighted by molar-refractivity contribution is -0.118. The highest BCUT2D eigenvalue weighted by molar-refractivity contribution is 8.39. The van der Waals surface area contributed by atoms with Gasteiger partial charge in [0.25, 0.3) is 5.56 Å².